The first kappa shape index (κ1) is 18.0. The predicted molar refractivity (Wildman–Crippen MR) is 72.5 cm³/mol. The molecular weight excluding hydrogens is 304 g/mol. The standard InChI is InChI=1S/C14H16F4N2O2/c1-2-3-10(7-21)20-13(22)19-8-14(17,18)11-5-4-9(15)6-12(11)16/h2,4-6,10,21H,1,3,7-8H2,(H2,19,20,22)/t10-/m1/s1. The van der Waals surface area contributed by atoms with Crippen molar-refractivity contribution in [3.05, 3.63) is 48.1 Å². The number of rotatable bonds is 7. The molecule has 0 aliphatic rings. The van der Waals surface area contributed by atoms with E-state index in [1.54, 1.807) is 0 Å². The first-order valence-corrected chi connectivity index (χ1v) is 6.39. The van der Waals surface area contributed by atoms with Crippen molar-refractivity contribution in [3.8, 4) is 0 Å². The smallest absolute Gasteiger partial charge is 0.315 e. The zero-order chi connectivity index (χ0) is 16.8. The second kappa shape index (κ2) is 7.79. The molecular formula is C14H16F4N2O2. The molecule has 3 N–H and O–H groups in total. The summed E-state index contributed by atoms with van der Waals surface area (Å²) in [7, 11) is 0. The van der Waals surface area contributed by atoms with Gasteiger partial charge in [-0.1, -0.05) is 6.08 Å². The van der Waals surface area contributed by atoms with E-state index in [1.807, 2.05) is 5.32 Å². The van der Waals surface area contributed by atoms with E-state index in [1.165, 1.54) is 6.08 Å². The van der Waals surface area contributed by atoms with Gasteiger partial charge in [0.1, 0.15) is 11.6 Å². The van der Waals surface area contributed by atoms with Crippen molar-refractivity contribution in [1.82, 2.24) is 10.6 Å². The van der Waals surface area contributed by atoms with Crippen LogP contribution in [0.3, 0.4) is 0 Å². The van der Waals surface area contributed by atoms with Gasteiger partial charge in [0.25, 0.3) is 5.92 Å². The van der Waals surface area contributed by atoms with Crippen molar-refractivity contribution in [2.75, 3.05) is 13.2 Å². The summed E-state index contributed by atoms with van der Waals surface area (Å²) in [5.74, 6) is -6.08. The van der Waals surface area contributed by atoms with Gasteiger partial charge in [-0.15, -0.1) is 6.58 Å². The molecule has 0 aromatic heterocycles. The summed E-state index contributed by atoms with van der Waals surface area (Å²) < 4.78 is 53.7. The summed E-state index contributed by atoms with van der Waals surface area (Å²) in [5.41, 5.74) is -1.01. The van der Waals surface area contributed by atoms with Crippen LogP contribution in [0.1, 0.15) is 12.0 Å². The van der Waals surface area contributed by atoms with Gasteiger partial charge in [-0.3, -0.25) is 0 Å². The highest BCUT2D eigenvalue weighted by Crippen LogP contribution is 2.29. The van der Waals surface area contributed by atoms with Crippen molar-refractivity contribution < 1.29 is 27.5 Å². The molecule has 1 aromatic carbocycles. The Morgan fingerprint density at radius 3 is 2.64 bits per heavy atom. The third kappa shape index (κ3) is 5.03. The van der Waals surface area contributed by atoms with E-state index in [4.69, 9.17) is 5.11 Å². The van der Waals surface area contributed by atoms with Crippen LogP contribution in [0, 0.1) is 11.6 Å². The van der Waals surface area contributed by atoms with Gasteiger partial charge >= 0.3 is 6.03 Å². The van der Waals surface area contributed by atoms with Gasteiger partial charge in [-0.2, -0.15) is 8.78 Å². The summed E-state index contributed by atoms with van der Waals surface area (Å²) in [4.78, 5) is 11.4. The second-order valence-electron chi connectivity index (χ2n) is 4.56. The Hall–Kier alpha value is -2.09. The largest absolute Gasteiger partial charge is 0.394 e. The molecule has 0 spiro atoms. The minimum absolute atomic E-state index is 0.257. The fraction of sp³-hybridized carbons (Fsp3) is 0.357. The van der Waals surface area contributed by atoms with Crippen LogP contribution in [-0.2, 0) is 5.92 Å². The van der Waals surface area contributed by atoms with Gasteiger partial charge in [0.15, 0.2) is 0 Å². The van der Waals surface area contributed by atoms with Crippen LogP contribution in [0.4, 0.5) is 22.4 Å². The van der Waals surface area contributed by atoms with Gasteiger partial charge in [-0.05, 0) is 18.6 Å². The van der Waals surface area contributed by atoms with Gasteiger partial charge in [0, 0.05) is 6.07 Å². The van der Waals surface area contributed by atoms with Crippen molar-refractivity contribution >= 4 is 6.03 Å². The Kier molecular flexibility index (Phi) is 6.36. The Labute approximate surface area is 124 Å². The molecule has 22 heavy (non-hydrogen) atoms. The van der Waals surface area contributed by atoms with E-state index in [2.05, 4.69) is 11.9 Å². The summed E-state index contributed by atoms with van der Waals surface area (Å²) in [6.07, 6.45) is 1.70. The quantitative estimate of drug-likeness (QED) is 0.533. The number of carbonyl (C=O) groups excluding carboxylic acids is 1. The molecule has 0 radical (unpaired) electrons. The summed E-state index contributed by atoms with van der Waals surface area (Å²) in [5, 5.41) is 13.1. The zero-order valence-electron chi connectivity index (χ0n) is 11.6. The number of aliphatic hydroxyl groups is 1. The average molecular weight is 320 g/mol. The maximum atomic E-state index is 13.8. The number of urea groups is 1. The first-order chi connectivity index (χ1) is 10.3. The van der Waals surface area contributed by atoms with E-state index in [0.717, 1.165) is 0 Å². The number of carbonyl (C=O) groups is 1. The van der Waals surface area contributed by atoms with Gasteiger partial charge in [-0.25, -0.2) is 13.6 Å². The van der Waals surface area contributed by atoms with Crippen LogP contribution in [0.15, 0.2) is 30.9 Å². The number of nitrogens with one attached hydrogen (secondary N) is 2. The van der Waals surface area contributed by atoms with Crippen molar-refractivity contribution in [1.29, 1.82) is 0 Å². The summed E-state index contributed by atoms with van der Waals surface area (Å²) >= 11 is 0. The number of amides is 2. The Morgan fingerprint density at radius 1 is 1.41 bits per heavy atom. The number of benzene rings is 1. The van der Waals surface area contributed by atoms with Crippen LogP contribution in [0.5, 0.6) is 0 Å². The Balaban J connectivity index is 2.65. The SMILES string of the molecule is C=CC[C@H](CO)NC(=O)NCC(F)(F)c1ccc(F)cc1F. The molecule has 0 heterocycles. The Bertz CT molecular complexity index is 538. The fourth-order valence-electron chi connectivity index (χ4n) is 1.69. The monoisotopic (exact) mass is 320 g/mol. The van der Waals surface area contributed by atoms with E-state index < -0.39 is 41.7 Å². The summed E-state index contributed by atoms with van der Waals surface area (Å²) in [6.45, 7) is 1.86. The topological polar surface area (TPSA) is 61.4 Å². The van der Waals surface area contributed by atoms with Gasteiger partial charge in [0.2, 0.25) is 0 Å². The number of alkyl halides is 2. The number of hydrogen-bond donors (Lipinski definition) is 3. The maximum Gasteiger partial charge on any atom is 0.315 e. The molecule has 2 amide bonds. The second-order valence-corrected chi connectivity index (χ2v) is 4.56. The van der Waals surface area contributed by atoms with Crippen LogP contribution >= 0.6 is 0 Å². The van der Waals surface area contributed by atoms with Gasteiger partial charge in [0.05, 0.1) is 24.8 Å². The molecule has 122 valence electrons. The lowest BCUT2D eigenvalue weighted by Gasteiger charge is -2.20. The van der Waals surface area contributed by atoms with E-state index >= 15 is 0 Å². The van der Waals surface area contributed by atoms with Crippen molar-refractivity contribution in [2.24, 2.45) is 0 Å². The van der Waals surface area contributed by atoms with Crippen molar-refractivity contribution in [2.45, 2.75) is 18.4 Å². The number of halogens is 4. The molecule has 4 nitrogen and oxygen atoms in total. The lowest BCUT2D eigenvalue weighted by molar-refractivity contribution is -0.00413. The van der Waals surface area contributed by atoms with E-state index in [0.29, 0.717) is 18.2 Å². The maximum absolute atomic E-state index is 13.8. The van der Waals surface area contributed by atoms with Gasteiger partial charge < -0.3 is 15.7 Å². The van der Waals surface area contributed by atoms with Crippen LogP contribution < -0.4 is 10.6 Å². The molecule has 0 aliphatic heterocycles. The average Bonchev–Trinajstić information content (AvgIpc) is 2.44. The molecule has 1 aromatic rings. The highest BCUT2D eigenvalue weighted by molar-refractivity contribution is 5.74. The minimum Gasteiger partial charge on any atom is -0.394 e. The minimum atomic E-state index is -3.71. The zero-order valence-corrected chi connectivity index (χ0v) is 11.6. The molecule has 1 rings (SSSR count). The fourth-order valence-corrected chi connectivity index (χ4v) is 1.69. The molecule has 0 saturated heterocycles. The predicted octanol–water partition coefficient (Wildman–Crippen LogP) is 2.29. The lowest BCUT2D eigenvalue weighted by Crippen LogP contribution is -2.46. The molecule has 8 heteroatoms. The molecule has 0 fully saturated rings. The summed E-state index contributed by atoms with van der Waals surface area (Å²) in [6, 6.07) is 0.0724. The Morgan fingerprint density at radius 2 is 2.09 bits per heavy atom. The third-order valence-corrected chi connectivity index (χ3v) is 2.80. The van der Waals surface area contributed by atoms with Crippen molar-refractivity contribution in [3.63, 3.8) is 0 Å². The molecule has 0 unspecified atom stereocenters. The lowest BCUT2D eigenvalue weighted by atomic mass is 10.1. The molecule has 1 atom stereocenters. The van der Waals surface area contributed by atoms with E-state index in [-0.39, 0.29) is 13.0 Å². The number of aliphatic hydroxyl groups excluding tert-OH is 1. The molecule has 0 saturated carbocycles. The van der Waals surface area contributed by atoms with Crippen LogP contribution in [0.2, 0.25) is 0 Å². The van der Waals surface area contributed by atoms with Crippen LogP contribution in [0.25, 0.3) is 0 Å². The highest BCUT2D eigenvalue weighted by Gasteiger charge is 2.35. The third-order valence-electron chi connectivity index (χ3n) is 2.80. The van der Waals surface area contributed by atoms with Crippen LogP contribution in [-0.4, -0.2) is 30.3 Å². The molecule has 0 aliphatic carbocycles. The number of hydrogen-bond acceptors (Lipinski definition) is 2. The first-order valence-electron chi connectivity index (χ1n) is 6.39. The normalized spacial score (nSPS) is 12.6. The highest BCUT2D eigenvalue weighted by atomic mass is 19.3. The molecule has 0 bridgehead atoms. The van der Waals surface area contributed by atoms with E-state index in [9.17, 15) is 22.4 Å².